The molecule has 1 N–H and O–H groups in total. The molecule has 0 spiro atoms. The molecule has 6 nitrogen and oxygen atoms in total. The third-order valence-electron chi connectivity index (χ3n) is 2.87. The standard InChI is InChI=1S/C17H25NO5/c1-6-21-14(19)10-9-12(2)15(13-8-7-11-22-13)18-16(20)23-17(3,4)5/h7-12,15H,6H2,1-5H3,(H,18,20)/t12?,15-/m0/s1. The van der Waals surface area contributed by atoms with Crippen molar-refractivity contribution in [2.45, 2.75) is 46.3 Å². The molecule has 0 saturated heterocycles. The molecule has 2 atom stereocenters. The van der Waals surface area contributed by atoms with Gasteiger partial charge in [0.1, 0.15) is 11.4 Å². The Morgan fingerprint density at radius 3 is 2.61 bits per heavy atom. The molecular formula is C17H25NO5. The molecule has 1 aromatic rings. The highest BCUT2D eigenvalue weighted by Gasteiger charge is 2.25. The summed E-state index contributed by atoms with van der Waals surface area (Å²) < 4.78 is 15.5. The van der Waals surface area contributed by atoms with Gasteiger partial charge < -0.3 is 19.2 Å². The van der Waals surface area contributed by atoms with Crippen molar-refractivity contribution in [2.24, 2.45) is 5.92 Å². The molecule has 1 amide bonds. The summed E-state index contributed by atoms with van der Waals surface area (Å²) in [5.41, 5.74) is -0.595. The number of carbonyl (C=O) groups excluding carboxylic acids is 2. The Morgan fingerprint density at radius 1 is 1.39 bits per heavy atom. The van der Waals surface area contributed by atoms with E-state index in [1.807, 2.05) is 6.92 Å². The van der Waals surface area contributed by atoms with Crippen molar-refractivity contribution >= 4 is 12.1 Å². The minimum atomic E-state index is -0.595. The van der Waals surface area contributed by atoms with Gasteiger partial charge in [0.25, 0.3) is 0 Å². The lowest BCUT2D eigenvalue weighted by Crippen LogP contribution is -2.36. The Bertz CT molecular complexity index is 528. The van der Waals surface area contributed by atoms with Crippen LogP contribution in [0.2, 0.25) is 0 Å². The Balaban J connectivity index is 2.81. The van der Waals surface area contributed by atoms with Crippen LogP contribution in [0.1, 0.15) is 46.4 Å². The number of rotatable bonds is 6. The number of amides is 1. The van der Waals surface area contributed by atoms with E-state index in [2.05, 4.69) is 5.32 Å². The highest BCUT2D eigenvalue weighted by Crippen LogP contribution is 2.24. The zero-order chi connectivity index (χ0) is 17.5. The summed E-state index contributed by atoms with van der Waals surface area (Å²) in [6, 6.07) is 3.04. The van der Waals surface area contributed by atoms with E-state index in [-0.39, 0.29) is 5.92 Å². The summed E-state index contributed by atoms with van der Waals surface area (Å²) in [4.78, 5) is 23.4. The second-order valence-corrected chi connectivity index (χ2v) is 6.11. The van der Waals surface area contributed by atoms with E-state index >= 15 is 0 Å². The van der Waals surface area contributed by atoms with Crippen LogP contribution in [0.3, 0.4) is 0 Å². The van der Waals surface area contributed by atoms with Crippen LogP contribution >= 0.6 is 0 Å². The van der Waals surface area contributed by atoms with Gasteiger partial charge in [0.15, 0.2) is 0 Å². The van der Waals surface area contributed by atoms with Crippen LogP contribution < -0.4 is 5.32 Å². The average Bonchev–Trinajstić information content (AvgIpc) is 2.94. The number of carbonyl (C=O) groups is 2. The van der Waals surface area contributed by atoms with Gasteiger partial charge in [-0.2, -0.15) is 0 Å². The van der Waals surface area contributed by atoms with Gasteiger partial charge in [0, 0.05) is 12.0 Å². The fraction of sp³-hybridized carbons (Fsp3) is 0.529. The lowest BCUT2D eigenvalue weighted by atomic mass is 9.99. The van der Waals surface area contributed by atoms with E-state index in [1.165, 1.54) is 12.3 Å². The molecule has 0 aliphatic carbocycles. The van der Waals surface area contributed by atoms with E-state index in [0.717, 1.165) is 0 Å². The zero-order valence-corrected chi connectivity index (χ0v) is 14.3. The second-order valence-electron chi connectivity index (χ2n) is 6.11. The Hall–Kier alpha value is -2.24. The molecule has 0 aliphatic rings. The van der Waals surface area contributed by atoms with E-state index in [1.54, 1.807) is 45.9 Å². The predicted octanol–water partition coefficient (Wildman–Crippen LogP) is 3.60. The highest BCUT2D eigenvalue weighted by atomic mass is 16.6. The molecule has 6 heteroatoms. The lowest BCUT2D eigenvalue weighted by Gasteiger charge is -2.25. The van der Waals surface area contributed by atoms with Crippen LogP contribution in [0.15, 0.2) is 35.0 Å². The number of furan rings is 1. The smallest absolute Gasteiger partial charge is 0.408 e. The number of nitrogens with one attached hydrogen (secondary N) is 1. The van der Waals surface area contributed by atoms with E-state index in [9.17, 15) is 9.59 Å². The van der Waals surface area contributed by atoms with Crippen LogP contribution in [-0.4, -0.2) is 24.3 Å². The third-order valence-corrected chi connectivity index (χ3v) is 2.87. The molecule has 0 aromatic carbocycles. The molecule has 0 aliphatic heterocycles. The summed E-state index contributed by atoms with van der Waals surface area (Å²) in [6.07, 6.45) is 4.00. The summed E-state index contributed by atoms with van der Waals surface area (Å²) in [5.74, 6) is -0.0373. The second kappa shape index (κ2) is 8.41. The SMILES string of the molecule is CCOC(=O)C=CC(C)[C@H](NC(=O)OC(C)(C)C)c1ccco1. The topological polar surface area (TPSA) is 77.8 Å². The molecular weight excluding hydrogens is 298 g/mol. The molecule has 128 valence electrons. The summed E-state index contributed by atoms with van der Waals surface area (Å²) in [7, 11) is 0. The van der Waals surface area contributed by atoms with Gasteiger partial charge in [-0.1, -0.05) is 13.0 Å². The predicted molar refractivity (Wildman–Crippen MR) is 85.8 cm³/mol. The maximum Gasteiger partial charge on any atom is 0.408 e. The van der Waals surface area contributed by atoms with Crippen molar-refractivity contribution in [3.8, 4) is 0 Å². The number of ether oxygens (including phenoxy) is 2. The maximum absolute atomic E-state index is 12.0. The quantitative estimate of drug-likeness (QED) is 0.639. The van der Waals surface area contributed by atoms with Crippen LogP contribution in [0.25, 0.3) is 0 Å². The minimum Gasteiger partial charge on any atom is -0.467 e. The summed E-state index contributed by atoms with van der Waals surface area (Å²) in [6.45, 7) is 9.29. The first kappa shape index (κ1) is 18.8. The van der Waals surface area contributed by atoms with Gasteiger partial charge in [-0.25, -0.2) is 9.59 Å². The van der Waals surface area contributed by atoms with Gasteiger partial charge in [0.2, 0.25) is 0 Å². The largest absolute Gasteiger partial charge is 0.467 e. The van der Waals surface area contributed by atoms with E-state index < -0.39 is 23.7 Å². The molecule has 0 radical (unpaired) electrons. The first-order valence-corrected chi connectivity index (χ1v) is 7.60. The van der Waals surface area contributed by atoms with Gasteiger partial charge >= 0.3 is 12.1 Å². The van der Waals surface area contributed by atoms with Gasteiger partial charge in [-0.15, -0.1) is 0 Å². The maximum atomic E-state index is 12.0. The van der Waals surface area contributed by atoms with E-state index in [4.69, 9.17) is 13.9 Å². The lowest BCUT2D eigenvalue weighted by molar-refractivity contribution is -0.137. The number of esters is 1. The number of alkyl carbamates (subject to hydrolysis) is 1. The summed E-state index contributed by atoms with van der Waals surface area (Å²) in [5, 5.41) is 2.77. The first-order chi connectivity index (χ1) is 10.7. The molecule has 1 heterocycles. The fourth-order valence-electron chi connectivity index (χ4n) is 1.90. The Kier molecular flexibility index (Phi) is 6.88. The van der Waals surface area contributed by atoms with Crippen molar-refractivity contribution in [1.82, 2.24) is 5.32 Å². The molecule has 0 fully saturated rings. The number of hydrogen-bond donors (Lipinski definition) is 1. The monoisotopic (exact) mass is 323 g/mol. The highest BCUT2D eigenvalue weighted by molar-refractivity contribution is 5.81. The average molecular weight is 323 g/mol. The van der Waals surface area contributed by atoms with Crippen molar-refractivity contribution in [3.05, 3.63) is 36.3 Å². The normalized spacial score (nSPS) is 14.3. The minimum absolute atomic E-state index is 0.196. The van der Waals surface area contributed by atoms with Gasteiger partial charge in [-0.05, 0) is 39.8 Å². The first-order valence-electron chi connectivity index (χ1n) is 7.60. The van der Waals surface area contributed by atoms with Crippen LogP contribution in [-0.2, 0) is 14.3 Å². The van der Waals surface area contributed by atoms with Crippen LogP contribution in [0.4, 0.5) is 4.79 Å². The molecule has 1 rings (SSSR count). The Morgan fingerprint density at radius 2 is 2.09 bits per heavy atom. The molecule has 1 unspecified atom stereocenters. The summed E-state index contributed by atoms with van der Waals surface area (Å²) >= 11 is 0. The van der Waals surface area contributed by atoms with Crippen LogP contribution in [0, 0.1) is 5.92 Å². The van der Waals surface area contributed by atoms with Crippen molar-refractivity contribution in [2.75, 3.05) is 6.61 Å². The molecule has 0 saturated carbocycles. The van der Waals surface area contributed by atoms with Gasteiger partial charge in [-0.3, -0.25) is 0 Å². The fourth-order valence-corrected chi connectivity index (χ4v) is 1.90. The molecule has 23 heavy (non-hydrogen) atoms. The Labute approximate surface area is 136 Å². The third kappa shape index (κ3) is 7.04. The zero-order valence-electron chi connectivity index (χ0n) is 14.3. The van der Waals surface area contributed by atoms with E-state index in [0.29, 0.717) is 12.4 Å². The van der Waals surface area contributed by atoms with Crippen molar-refractivity contribution in [3.63, 3.8) is 0 Å². The van der Waals surface area contributed by atoms with Crippen molar-refractivity contribution < 1.29 is 23.5 Å². The van der Waals surface area contributed by atoms with Crippen molar-refractivity contribution in [1.29, 1.82) is 0 Å². The number of hydrogen-bond acceptors (Lipinski definition) is 5. The molecule has 1 aromatic heterocycles. The van der Waals surface area contributed by atoms with Gasteiger partial charge in [0.05, 0.1) is 18.9 Å². The molecule has 0 bridgehead atoms. The van der Waals surface area contributed by atoms with Crippen LogP contribution in [0.5, 0.6) is 0 Å².